The second kappa shape index (κ2) is 8.03. The molecular formula is C18H20N2O8S. The largest absolute Gasteiger partial charge is 0.497 e. The minimum atomic E-state index is -2.48. The highest BCUT2D eigenvalue weighted by atomic mass is 32.2. The molecule has 11 heteroatoms. The molecule has 10 nitrogen and oxygen atoms in total. The number of methoxy groups -OCH3 is 2. The number of H-pyrrole nitrogens is 1. The highest BCUT2D eigenvalue weighted by molar-refractivity contribution is 8.00. The fourth-order valence-electron chi connectivity index (χ4n) is 3.25. The number of benzene rings is 1. The fourth-order valence-corrected chi connectivity index (χ4v) is 4.78. The molecule has 1 aliphatic heterocycles. The van der Waals surface area contributed by atoms with Crippen LogP contribution in [0.3, 0.4) is 0 Å². The van der Waals surface area contributed by atoms with Gasteiger partial charge in [0.2, 0.25) is 5.78 Å². The number of thioether (sulfide) groups is 1. The lowest BCUT2D eigenvalue weighted by Crippen LogP contribution is -2.54. The fraction of sp³-hybridized carbons (Fsp3) is 0.389. The van der Waals surface area contributed by atoms with Gasteiger partial charge in [-0.3, -0.25) is 19.1 Å². The smallest absolute Gasteiger partial charge is 0.329 e. The summed E-state index contributed by atoms with van der Waals surface area (Å²) in [5.74, 6) is -0.399. The number of ether oxygens (including phenoxy) is 2. The summed E-state index contributed by atoms with van der Waals surface area (Å²) in [6, 6.07) is 5.35. The minimum absolute atomic E-state index is 0.0449. The second-order valence-electron chi connectivity index (χ2n) is 6.39. The van der Waals surface area contributed by atoms with Gasteiger partial charge in [-0.1, -0.05) is 0 Å². The van der Waals surface area contributed by atoms with Crippen LogP contribution in [-0.4, -0.2) is 68.4 Å². The van der Waals surface area contributed by atoms with Gasteiger partial charge in [-0.15, -0.1) is 11.8 Å². The lowest BCUT2D eigenvalue weighted by molar-refractivity contribution is -0.0570. The summed E-state index contributed by atoms with van der Waals surface area (Å²) in [7, 11) is 2.77. The van der Waals surface area contributed by atoms with Crippen LogP contribution in [0.2, 0.25) is 0 Å². The molecule has 0 aliphatic carbocycles. The summed E-state index contributed by atoms with van der Waals surface area (Å²) in [6.07, 6.45) is -0.574. The predicted molar refractivity (Wildman–Crippen MR) is 104 cm³/mol. The molecule has 0 amide bonds. The molecule has 0 unspecified atom stereocenters. The Kier molecular flexibility index (Phi) is 5.85. The molecule has 4 atom stereocenters. The van der Waals surface area contributed by atoms with E-state index in [9.17, 15) is 29.7 Å². The molecule has 1 aromatic carbocycles. The first-order chi connectivity index (χ1) is 13.8. The first kappa shape index (κ1) is 21.1. The van der Waals surface area contributed by atoms with E-state index in [4.69, 9.17) is 9.47 Å². The van der Waals surface area contributed by atoms with E-state index in [-0.39, 0.29) is 11.3 Å². The van der Waals surface area contributed by atoms with E-state index in [1.807, 2.05) is 4.98 Å². The third-order valence-electron chi connectivity index (χ3n) is 4.78. The molecule has 2 heterocycles. The zero-order valence-electron chi connectivity index (χ0n) is 15.6. The first-order valence-electron chi connectivity index (χ1n) is 8.53. The van der Waals surface area contributed by atoms with E-state index < -0.39 is 46.0 Å². The van der Waals surface area contributed by atoms with Crippen LogP contribution < -0.4 is 20.7 Å². The van der Waals surface area contributed by atoms with Crippen molar-refractivity contribution >= 4 is 17.5 Å². The van der Waals surface area contributed by atoms with Crippen LogP contribution in [0, 0.1) is 0 Å². The van der Waals surface area contributed by atoms with Crippen LogP contribution in [-0.2, 0) is 0 Å². The van der Waals surface area contributed by atoms with Crippen LogP contribution in [0.5, 0.6) is 11.5 Å². The number of hydrogen-bond donors (Lipinski definition) is 4. The van der Waals surface area contributed by atoms with Crippen molar-refractivity contribution in [1.82, 2.24) is 9.55 Å². The number of hydrogen-bond acceptors (Lipinski definition) is 9. The lowest BCUT2D eigenvalue weighted by atomic mass is 9.85. The van der Waals surface area contributed by atoms with Crippen molar-refractivity contribution in [3.05, 3.63) is 56.9 Å². The number of aromatic nitrogens is 2. The minimum Gasteiger partial charge on any atom is -0.497 e. The lowest BCUT2D eigenvalue weighted by Gasteiger charge is -2.32. The number of aliphatic hydroxyl groups is 3. The van der Waals surface area contributed by atoms with Gasteiger partial charge in [0.05, 0.1) is 31.6 Å². The number of Topliss-reactive ketones (excluding diaryl/α,β-unsaturated/α-hetero) is 1. The van der Waals surface area contributed by atoms with Gasteiger partial charge in [0.1, 0.15) is 23.0 Å². The Hall–Kier alpha value is -2.60. The van der Waals surface area contributed by atoms with Crippen molar-refractivity contribution in [1.29, 1.82) is 0 Å². The average Bonchev–Trinajstić information content (AvgIpc) is 2.98. The van der Waals surface area contributed by atoms with Crippen LogP contribution in [0.15, 0.2) is 40.1 Å². The number of ketones is 1. The van der Waals surface area contributed by atoms with E-state index in [0.29, 0.717) is 5.75 Å². The molecule has 1 saturated heterocycles. The zero-order chi connectivity index (χ0) is 21.3. The van der Waals surface area contributed by atoms with Gasteiger partial charge < -0.3 is 24.8 Å². The second-order valence-corrected chi connectivity index (χ2v) is 7.72. The molecule has 0 saturated carbocycles. The Morgan fingerprint density at radius 1 is 1.28 bits per heavy atom. The molecule has 0 radical (unpaired) electrons. The Balaban J connectivity index is 2.15. The summed E-state index contributed by atoms with van der Waals surface area (Å²) in [5, 5.41) is 29.4. The normalized spacial score (nSPS) is 26.3. The molecule has 1 aromatic heterocycles. The molecule has 1 aliphatic rings. The molecule has 3 rings (SSSR count). The van der Waals surface area contributed by atoms with Gasteiger partial charge in [0.15, 0.2) is 5.60 Å². The number of carbonyl (C=O) groups excluding carboxylic acids is 1. The highest BCUT2D eigenvalue weighted by Crippen LogP contribution is 2.50. The molecule has 0 bridgehead atoms. The Morgan fingerprint density at radius 3 is 2.59 bits per heavy atom. The van der Waals surface area contributed by atoms with Crippen molar-refractivity contribution in [2.45, 2.75) is 22.3 Å². The van der Waals surface area contributed by atoms with Crippen molar-refractivity contribution in [2.24, 2.45) is 0 Å². The molecule has 156 valence electrons. The van der Waals surface area contributed by atoms with E-state index in [1.165, 1.54) is 32.4 Å². The van der Waals surface area contributed by atoms with Gasteiger partial charge >= 0.3 is 5.69 Å². The topological polar surface area (TPSA) is 151 Å². The SMILES string of the molecule is COc1ccc(C(=O)[C@@]2(O)[C@H](O)[C@H](CO)S[C@@H]2n2ccc(=O)[nH]c2=O)c(OC)c1. The number of rotatable bonds is 6. The molecular weight excluding hydrogens is 404 g/mol. The Labute approximate surface area is 168 Å². The third-order valence-corrected chi connectivity index (χ3v) is 6.38. The van der Waals surface area contributed by atoms with Gasteiger partial charge in [0.25, 0.3) is 5.56 Å². The summed E-state index contributed by atoms with van der Waals surface area (Å²) in [4.78, 5) is 39.1. The molecule has 1 fully saturated rings. The van der Waals surface area contributed by atoms with Gasteiger partial charge in [-0.25, -0.2) is 4.79 Å². The standard InChI is InChI=1S/C18H20N2O8S/c1-27-9-3-4-10(11(7-9)28-2)14(23)18(26)15(24)12(8-21)29-16(18)20-6-5-13(22)19-17(20)25/h3-7,12,15-16,21,24,26H,8H2,1-2H3,(H,19,22,25)/t12-,15+,16-,18+/m0/s1. The molecule has 29 heavy (non-hydrogen) atoms. The van der Waals surface area contributed by atoms with Crippen LogP contribution in [0.1, 0.15) is 15.7 Å². The van der Waals surface area contributed by atoms with E-state index in [1.54, 1.807) is 0 Å². The van der Waals surface area contributed by atoms with Crippen LogP contribution >= 0.6 is 11.8 Å². The summed E-state index contributed by atoms with van der Waals surface area (Å²) in [6.45, 7) is -0.546. The van der Waals surface area contributed by atoms with Crippen molar-refractivity contribution in [3.8, 4) is 11.5 Å². The maximum atomic E-state index is 13.4. The molecule has 0 spiro atoms. The van der Waals surface area contributed by atoms with Crippen LogP contribution in [0.4, 0.5) is 0 Å². The predicted octanol–water partition coefficient (Wildman–Crippen LogP) is -0.865. The molecule has 2 aromatic rings. The zero-order valence-corrected chi connectivity index (χ0v) is 16.4. The maximum absolute atomic E-state index is 13.4. The summed E-state index contributed by atoms with van der Waals surface area (Å²) in [5.41, 5.74) is -4.05. The van der Waals surface area contributed by atoms with Gasteiger partial charge in [-0.05, 0) is 12.1 Å². The van der Waals surface area contributed by atoms with Crippen LogP contribution in [0.25, 0.3) is 0 Å². The van der Waals surface area contributed by atoms with Crippen molar-refractivity contribution < 1.29 is 29.6 Å². The summed E-state index contributed by atoms with van der Waals surface area (Å²) < 4.78 is 11.3. The van der Waals surface area contributed by atoms with Crippen molar-refractivity contribution in [2.75, 3.05) is 20.8 Å². The Bertz CT molecular complexity index is 1040. The number of nitrogens with zero attached hydrogens (tertiary/aromatic N) is 1. The third kappa shape index (κ3) is 3.46. The maximum Gasteiger partial charge on any atom is 0.329 e. The van der Waals surface area contributed by atoms with E-state index in [0.717, 1.165) is 28.6 Å². The van der Waals surface area contributed by atoms with Crippen molar-refractivity contribution in [3.63, 3.8) is 0 Å². The van der Waals surface area contributed by atoms with Gasteiger partial charge in [-0.2, -0.15) is 0 Å². The quantitative estimate of drug-likeness (QED) is 0.434. The monoisotopic (exact) mass is 424 g/mol. The average molecular weight is 424 g/mol. The van der Waals surface area contributed by atoms with E-state index >= 15 is 0 Å². The number of nitrogens with one attached hydrogen (secondary N) is 1. The van der Waals surface area contributed by atoms with E-state index in [2.05, 4.69) is 0 Å². The molecule has 4 N–H and O–H groups in total. The number of carbonyl (C=O) groups is 1. The number of aromatic amines is 1. The first-order valence-corrected chi connectivity index (χ1v) is 9.47. The number of aliphatic hydroxyl groups excluding tert-OH is 2. The highest BCUT2D eigenvalue weighted by Gasteiger charge is 2.60. The summed E-state index contributed by atoms with van der Waals surface area (Å²) >= 11 is 0.848. The Morgan fingerprint density at radius 2 is 2.00 bits per heavy atom. The van der Waals surface area contributed by atoms with Gasteiger partial charge in [0, 0.05) is 18.3 Å².